The van der Waals surface area contributed by atoms with E-state index < -0.39 is 0 Å². The lowest BCUT2D eigenvalue weighted by atomic mass is 10.3. The summed E-state index contributed by atoms with van der Waals surface area (Å²) in [6, 6.07) is 16.0. The maximum atomic E-state index is 12.2. The zero-order chi connectivity index (χ0) is 19.9. The number of rotatable bonds is 7. The van der Waals surface area contributed by atoms with E-state index >= 15 is 0 Å². The normalized spacial score (nSPS) is 10.4. The summed E-state index contributed by atoms with van der Waals surface area (Å²) < 4.78 is 5.22. The Balaban J connectivity index is 1.52. The minimum atomic E-state index is -0.166. The summed E-state index contributed by atoms with van der Waals surface area (Å²) in [7, 11) is 1.53. The Kier molecular flexibility index (Phi) is 6.97. The van der Waals surface area contributed by atoms with Crippen molar-refractivity contribution < 1.29 is 14.3 Å². The maximum absolute atomic E-state index is 12.2. The Morgan fingerprint density at radius 2 is 1.89 bits per heavy atom. The number of ether oxygens (including phenoxy) is 1. The molecule has 0 aliphatic carbocycles. The predicted molar refractivity (Wildman–Crippen MR) is 116 cm³/mol. The van der Waals surface area contributed by atoms with Crippen LogP contribution in [0.25, 0.3) is 0 Å². The fraction of sp³-hybridized carbons (Fsp3) is 0.100. The van der Waals surface area contributed by atoms with Crippen molar-refractivity contribution in [3.05, 3.63) is 69.9 Å². The number of thioether (sulfide) groups is 1. The van der Waals surface area contributed by atoms with Gasteiger partial charge < -0.3 is 15.4 Å². The van der Waals surface area contributed by atoms with Crippen LogP contribution >= 0.6 is 34.7 Å². The summed E-state index contributed by atoms with van der Waals surface area (Å²) in [4.78, 5) is 25.8. The molecule has 1 heterocycles. The van der Waals surface area contributed by atoms with Gasteiger partial charge in [-0.2, -0.15) is 0 Å². The van der Waals surface area contributed by atoms with Crippen molar-refractivity contribution in [1.82, 2.24) is 0 Å². The number of thiophene rings is 1. The van der Waals surface area contributed by atoms with Crippen LogP contribution in [0.3, 0.4) is 0 Å². The lowest BCUT2D eigenvalue weighted by Crippen LogP contribution is -2.14. The first-order valence-corrected chi connectivity index (χ1v) is 10.5. The Bertz CT molecular complexity index is 960. The van der Waals surface area contributed by atoms with Crippen LogP contribution in [-0.4, -0.2) is 24.7 Å². The van der Waals surface area contributed by atoms with Crippen molar-refractivity contribution in [2.45, 2.75) is 4.90 Å². The highest BCUT2D eigenvalue weighted by Crippen LogP contribution is 2.28. The number of halogens is 1. The maximum Gasteiger partial charge on any atom is 0.265 e. The Labute approximate surface area is 176 Å². The molecule has 0 atom stereocenters. The minimum absolute atomic E-state index is 0.134. The third-order valence-corrected chi connectivity index (χ3v) is 5.78. The van der Waals surface area contributed by atoms with Crippen LogP contribution < -0.4 is 15.4 Å². The number of carbonyl (C=O) groups is 2. The van der Waals surface area contributed by atoms with Gasteiger partial charge in [0, 0.05) is 15.6 Å². The van der Waals surface area contributed by atoms with Gasteiger partial charge in [0.2, 0.25) is 5.91 Å². The molecule has 0 aliphatic heterocycles. The summed E-state index contributed by atoms with van der Waals surface area (Å²) in [5, 5.41) is 8.02. The van der Waals surface area contributed by atoms with E-state index in [1.807, 2.05) is 35.7 Å². The van der Waals surface area contributed by atoms with Crippen LogP contribution in [0, 0.1) is 0 Å². The molecule has 28 heavy (non-hydrogen) atoms. The molecule has 0 unspecified atom stereocenters. The van der Waals surface area contributed by atoms with E-state index in [4.69, 9.17) is 16.3 Å². The number of hydrogen-bond acceptors (Lipinski definition) is 5. The van der Waals surface area contributed by atoms with E-state index in [0.29, 0.717) is 27.0 Å². The summed E-state index contributed by atoms with van der Waals surface area (Å²) in [6.07, 6.45) is 0. The first-order chi connectivity index (χ1) is 13.5. The Hall–Kier alpha value is -2.48. The average molecular weight is 433 g/mol. The lowest BCUT2D eigenvalue weighted by Gasteiger charge is -2.10. The highest BCUT2D eigenvalue weighted by atomic mass is 35.5. The van der Waals surface area contributed by atoms with Crippen molar-refractivity contribution in [3.8, 4) is 5.75 Å². The second-order valence-electron chi connectivity index (χ2n) is 5.64. The molecule has 0 bridgehead atoms. The zero-order valence-corrected chi connectivity index (χ0v) is 17.3. The first kappa shape index (κ1) is 20.3. The Morgan fingerprint density at radius 3 is 2.57 bits per heavy atom. The van der Waals surface area contributed by atoms with Gasteiger partial charge in [0.25, 0.3) is 5.91 Å². The second kappa shape index (κ2) is 9.64. The number of hydrogen-bond donors (Lipinski definition) is 2. The van der Waals surface area contributed by atoms with Gasteiger partial charge >= 0.3 is 0 Å². The summed E-state index contributed by atoms with van der Waals surface area (Å²) in [5.74, 6) is 0.482. The van der Waals surface area contributed by atoms with Crippen molar-refractivity contribution in [1.29, 1.82) is 0 Å². The fourth-order valence-electron chi connectivity index (χ4n) is 2.35. The molecule has 0 aliphatic rings. The SMILES string of the molecule is COc1ccc(Cl)cc1NC(=O)CSc1ccc(NC(=O)c2cccs2)cc1. The lowest BCUT2D eigenvalue weighted by molar-refractivity contribution is -0.113. The van der Waals surface area contributed by atoms with Crippen LogP contribution in [0.2, 0.25) is 5.02 Å². The van der Waals surface area contributed by atoms with E-state index in [2.05, 4.69) is 10.6 Å². The van der Waals surface area contributed by atoms with Crippen LogP contribution in [0.1, 0.15) is 9.67 Å². The van der Waals surface area contributed by atoms with Crippen molar-refractivity contribution >= 4 is 57.9 Å². The highest BCUT2D eigenvalue weighted by molar-refractivity contribution is 8.00. The van der Waals surface area contributed by atoms with Crippen LogP contribution in [-0.2, 0) is 4.79 Å². The molecular weight excluding hydrogens is 416 g/mol. The van der Waals surface area contributed by atoms with Crippen molar-refractivity contribution in [3.63, 3.8) is 0 Å². The number of anilines is 2. The fourth-order valence-corrected chi connectivity index (χ4v) is 3.84. The molecule has 3 rings (SSSR count). The summed E-state index contributed by atoms with van der Waals surface area (Å²) in [6.45, 7) is 0. The van der Waals surface area contributed by atoms with E-state index in [0.717, 1.165) is 4.90 Å². The second-order valence-corrected chi connectivity index (χ2v) is 8.07. The molecule has 5 nitrogen and oxygen atoms in total. The van der Waals surface area contributed by atoms with Gasteiger partial charge in [-0.25, -0.2) is 0 Å². The number of benzene rings is 2. The monoisotopic (exact) mass is 432 g/mol. The molecule has 2 amide bonds. The summed E-state index contributed by atoms with van der Waals surface area (Å²) in [5.41, 5.74) is 1.24. The van der Waals surface area contributed by atoms with Gasteiger partial charge in [0.1, 0.15) is 5.75 Å². The topological polar surface area (TPSA) is 67.4 Å². The molecule has 0 saturated heterocycles. The number of nitrogens with one attached hydrogen (secondary N) is 2. The largest absolute Gasteiger partial charge is 0.495 e. The quantitative estimate of drug-likeness (QED) is 0.491. The van der Waals surface area contributed by atoms with E-state index in [9.17, 15) is 9.59 Å². The van der Waals surface area contributed by atoms with Gasteiger partial charge in [0.05, 0.1) is 23.4 Å². The predicted octanol–water partition coefficient (Wildman–Crippen LogP) is 5.39. The van der Waals surface area contributed by atoms with E-state index in [1.165, 1.54) is 30.2 Å². The van der Waals surface area contributed by atoms with Gasteiger partial charge in [-0.15, -0.1) is 23.1 Å². The molecule has 3 aromatic rings. The number of methoxy groups -OCH3 is 1. The molecule has 2 N–H and O–H groups in total. The standard InChI is InChI=1S/C20H17ClN2O3S2/c1-26-17-9-4-13(21)11-16(17)23-19(24)12-28-15-7-5-14(6-8-15)22-20(25)18-3-2-10-27-18/h2-11H,12H2,1H3,(H,22,25)(H,23,24). The molecule has 0 saturated carbocycles. The first-order valence-electron chi connectivity index (χ1n) is 8.26. The third kappa shape index (κ3) is 5.51. The average Bonchev–Trinajstić information content (AvgIpc) is 3.23. The Morgan fingerprint density at radius 1 is 1.11 bits per heavy atom. The van der Waals surface area contributed by atoms with Crippen molar-refractivity contribution in [2.75, 3.05) is 23.5 Å². The summed E-state index contributed by atoms with van der Waals surface area (Å²) >= 11 is 8.76. The van der Waals surface area contributed by atoms with Crippen LogP contribution in [0.4, 0.5) is 11.4 Å². The molecule has 144 valence electrons. The van der Waals surface area contributed by atoms with Gasteiger partial charge in [-0.1, -0.05) is 17.7 Å². The highest BCUT2D eigenvalue weighted by Gasteiger charge is 2.10. The van der Waals surface area contributed by atoms with E-state index in [1.54, 1.807) is 24.3 Å². The third-order valence-electron chi connectivity index (χ3n) is 3.66. The van der Waals surface area contributed by atoms with Crippen LogP contribution in [0.5, 0.6) is 5.75 Å². The molecule has 0 radical (unpaired) electrons. The molecular formula is C20H17ClN2O3S2. The van der Waals surface area contributed by atoms with Gasteiger partial charge in [0.15, 0.2) is 0 Å². The van der Waals surface area contributed by atoms with Gasteiger partial charge in [-0.05, 0) is 53.9 Å². The molecule has 8 heteroatoms. The van der Waals surface area contributed by atoms with E-state index in [-0.39, 0.29) is 17.6 Å². The number of amides is 2. The molecule has 0 spiro atoms. The smallest absolute Gasteiger partial charge is 0.265 e. The molecule has 1 aromatic heterocycles. The minimum Gasteiger partial charge on any atom is -0.495 e. The van der Waals surface area contributed by atoms with Crippen LogP contribution in [0.15, 0.2) is 64.9 Å². The number of carbonyl (C=O) groups excluding carboxylic acids is 2. The zero-order valence-electron chi connectivity index (χ0n) is 14.9. The van der Waals surface area contributed by atoms with Crippen molar-refractivity contribution in [2.24, 2.45) is 0 Å². The van der Waals surface area contributed by atoms with Gasteiger partial charge in [-0.3, -0.25) is 9.59 Å². The molecule has 2 aromatic carbocycles. The molecule has 0 fully saturated rings.